The molecule has 8 heteroatoms. The SMILES string of the molecule is O=C1CCCC2=C1[C@H](c1ccccc1Cl)n1nc(SCc3ccccn3)nc1N2. The summed E-state index contributed by atoms with van der Waals surface area (Å²) in [6.45, 7) is 0. The lowest BCUT2D eigenvalue weighted by atomic mass is 9.85. The predicted octanol–water partition coefficient (Wildman–Crippen LogP) is 4.64. The van der Waals surface area contributed by atoms with E-state index in [1.165, 1.54) is 11.8 Å². The summed E-state index contributed by atoms with van der Waals surface area (Å²) in [6.07, 6.45) is 3.99. The molecule has 1 aliphatic carbocycles. The Morgan fingerprint density at radius 3 is 2.86 bits per heavy atom. The van der Waals surface area contributed by atoms with E-state index in [-0.39, 0.29) is 11.8 Å². The normalized spacial score (nSPS) is 18.2. The van der Waals surface area contributed by atoms with Crippen LogP contribution in [0, 0.1) is 0 Å². The van der Waals surface area contributed by atoms with Gasteiger partial charge in [0.1, 0.15) is 6.04 Å². The second-order valence-electron chi connectivity index (χ2n) is 6.99. The van der Waals surface area contributed by atoms with Gasteiger partial charge in [-0.3, -0.25) is 9.78 Å². The van der Waals surface area contributed by atoms with Crippen molar-refractivity contribution in [3.8, 4) is 0 Å². The first-order valence-corrected chi connectivity index (χ1v) is 10.8. The molecule has 0 spiro atoms. The lowest BCUT2D eigenvalue weighted by Crippen LogP contribution is -2.31. The molecule has 0 saturated carbocycles. The predicted molar refractivity (Wildman–Crippen MR) is 113 cm³/mol. The zero-order valence-electron chi connectivity index (χ0n) is 15.5. The maximum atomic E-state index is 12.8. The van der Waals surface area contributed by atoms with Crippen molar-refractivity contribution in [2.45, 2.75) is 36.2 Å². The van der Waals surface area contributed by atoms with Gasteiger partial charge in [0.15, 0.2) is 5.78 Å². The molecule has 1 N–H and O–H groups in total. The van der Waals surface area contributed by atoms with Crippen molar-refractivity contribution < 1.29 is 4.79 Å². The van der Waals surface area contributed by atoms with Crippen LogP contribution in [0.1, 0.15) is 36.6 Å². The second kappa shape index (κ2) is 7.65. The van der Waals surface area contributed by atoms with Gasteiger partial charge >= 0.3 is 0 Å². The largest absolute Gasteiger partial charge is 0.328 e. The maximum Gasteiger partial charge on any atom is 0.227 e. The molecule has 0 bridgehead atoms. The van der Waals surface area contributed by atoms with E-state index in [4.69, 9.17) is 16.7 Å². The van der Waals surface area contributed by atoms with Crippen molar-refractivity contribution >= 4 is 35.1 Å². The number of pyridine rings is 1. The van der Waals surface area contributed by atoms with Gasteiger partial charge in [0.25, 0.3) is 0 Å². The zero-order valence-corrected chi connectivity index (χ0v) is 17.1. The van der Waals surface area contributed by atoms with E-state index < -0.39 is 0 Å². The third-order valence-corrected chi connectivity index (χ3v) is 6.34. The van der Waals surface area contributed by atoms with Gasteiger partial charge in [0, 0.05) is 40.2 Å². The highest BCUT2D eigenvalue weighted by molar-refractivity contribution is 7.98. The number of Topliss-reactive ketones (excluding diaryl/α,β-unsaturated/α-hetero) is 1. The number of allylic oxidation sites excluding steroid dienone is 2. The van der Waals surface area contributed by atoms with Gasteiger partial charge in [-0.05, 0) is 31.0 Å². The third kappa shape index (κ3) is 3.45. The fourth-order valence-corrected chi connectivity index (χ4v) is 4.79. The van der Waals surface area contributed by atoms with Crippen LogP contribution in [-0.2, 0) is 10.5 Å². The van der Waals surface area contributed by atoms with Crippen LogP contribution in [0.5, 0.6) is 0 Å². The Morgan fingerprint density at radius 1 is 1.17 bits per heavy atom. The summed E-state index contributed by atoms with van der Waals surface area (Å²) in [4.78, 5) is 21.9. The fourth-order valence-electron chi connectivity index (χ4n) is 3.80. The van der Waals surface area contributed by atoms with Crippen LogP contribution in [0.4, 0.5) is 5.95 Å². The third-order valence-electron chi connectivity index (χ3n) is 5.12. The van der Waals surface area contributed by atoms with Crippen molar-refractivity contribution in [2.75, 3.05) is 5.32 Å². The van der Waals surface area contributed by atoms with Crippen molar-refractivity contribution in [2.24, 2.45) is 0 Å². The first-order chi connectivity index (χ1) is 14.2. The van der Waals surface area contributed by atoms with Crippen LogP contribution in [0.2, 0.25) is 5.02 Å². The van der Waals surface area contributed by atoms with E-state index in [1.807, 2.05) is 42.5 Å². The molecular weight excluding hydrogens is 406 g/mol. The molecule has 2 aromatic heterocycles. The van der Waals surface area contributed by atoms with Crippen LogP contribution in [-0.4, -0.2) is 25.5 Å². The molecular formula is C21H18ClN5OS. The monoisotopic (exact) mass is 423 g/mol. The van der Waals surface area contributed by atoms with Crippen LogP contribution < -0.4 is 5.32 Å². The van der Waals surface area contributed by atoms with Gasteiger partial charge in [-0.1, -0.05) is 47.6 Å². The minimum absolute atomic E-state index is 0.146. The first kappa shape index (κ1) is 18.4. The number of ketones is 1. The molecule has 3 heterocycles. The number of nitrogens with zero attached hydrogens (tertiary/aromatic N) is 4. The molecule has 29 heavy (non-hydrogen) atoms. The van der Waals surface area contributed by atoms with Crippen LogP contribution in [0.3, 0.4) is 0 Å². The lowest BCUT2D eigenvalue weighted by Gasteiger charge is -2.32. The molecule has 0 amide bonds. The number of hydrogen-bond donors (Lipinski definition) is 1. The molecule has 0 saturated heterocycles. The zero-order chi connectivity index (χ0) is 19.8. The maximum absolute atomic E-state index is 12.8. The van der Waals surface area contributed by atoms with E-state index in [0.29, 0.717) is 28.3 Å². The van der Waals surface area contributed by atoms with Crippen LogP contribution in [0.15, 0.2) is 65.1 Å². The lowest BCUT2D eigenvalue weighted by molar-refractivity contribution is -0.116. The minimum atomic E-state index is -0.362. The topological polar surface area (TPSA) is 72.7 Å². The van der Waals surface area contributed by atoms with Gasteiger partial charge in [-0.2, -0.15) is 4.98 Å². The highest BCUT2D eigenvalue weighted by Crippen LogP contribution is 2.42. The van der Waals surface area contributed by atoms with Gasteiger partial charge in [0.2, 0.25) is 11.1 Å². The number of halogens is 1. The molecule has 0 radical (unpaired) electrons. The van der Waals surface area contributed by atoms with E-state index in [2.05, 4.69) is 15.3 Å². The number of carbonyl (C=O) groups excluding carboxylic acids is 1. The fraction of sp³-hybridized carbons (Fsp3) is 0.238. The Kier molecular flexibility index (Phi) is 4.85. The van der Waals surface area contributed by atoms with Crippen molar-refractivity contribution in [1.82, 2.24) is 19.7 Å². The number of hydrogen-bond acceptors (Lipinski definition) is 6. The highest BCUT2D eigenvalue weighted by Gasteiger charge is 2.37. The number of nitrogens with one attached hydrogen (secondary N) is 1. The molecule has 3 aromatic rings. The highest BCUT2D eigenvalue weighted by atomic mass is 35.5. The second-order valence-corrected chi connectivity index (χ2v) is 8.34. The standard InChI is InChI=1S/C21H18ClN5OS/c22-15-8-2-1-7-14(15)19-18-16(9-5-10-17(18)28)24-20-25-21(26-27(19)20)29-12-13-6-3-4-11-23-13/h1-4,6-8,11,19H,5,9-10,12H2,(H,24,25,26)/t19-/m0/s1. The molecule has 1 aromatic carbocycles. The van der Waals surface area contributed by atoms with E-state index in [1.54, 1.807) is 10.9 Å². The van der Waals surface area contributed by atoms with Gasteiger partial charge < -0.3 is 5.32 Å². The quantitative estimate of drug-likeness (QED) is 0.616. The van der Waals surface area contributed by atoms with Crippen LogP contribution in [0.25, 0.3) is 0 Å². The molecule has 2 aliphatic rings. The summed E-state index contributed by atoms with van der Waals surface area (Å²) >= 11 is 8.04. The summed E-state index contributed by atoms with van der Waals surface area (Å²) in [5.74, 6) is 1.46. The Balaban J connectivity index is 1.54. The molecule has 0 fully saturated rings. The Hall–Kier alpha value is -2.64. The first-order valence-electron chi connectivity index (χ1n) is 9.47. The number of fused-ring (bicyclic) bond motifs is 1. The number of thioether (sulfide) groups is 1. The Morgan fingerprint density at radius 2 is 2.03 bits per heavy atom. The number of rotatable bonds is 4. The summed E-state index contributed by atoms with van der Waals surface area (Å²) < 4.78 is 1.80. The number of benzene rings is 1. The smallest absolute Gasteiger partial charge is 0.227 e. The summed E-state index contributed by atoms with van der Waals surface area (Å²) in [5.41, 5.74) is 3.52. The van der Waals surface area contributed by atoms with Gasteiger partial charge in [0.05, 0.1) is 5.69 Å². The van der Waals surface area contributed by atoms with E-state index in [0.717, 1.165) is 35.4 Å². The molecule has 146 valence electrons. The number of anilines is 1. The molecule has 6 nitrogen and oxygen atoms in total. The Labute approximate surface area is 177 Å². The Bertz CT molecular complexity index is 1110. The van der Waals surface area contributed by atoms with Crippen molar-refractivity contribution in [3.05, 3.63) is 76.2 Å². The molecule has 5 rings (SSSR count). The van der Waals surface area contributed by atoms with Crippen molar-refractivity contribution in [1.29, 1.82) is 0 Å². The van der Waals surface area contributed by atoms with Crippen LogP contribution >= 0.6 is 23.4 Å². The van der Waals surface area contributed by atoms with Crippen molar-refractivity contribution in [3.63, 3.8) is 0 Å². The molecule has 0 unspecified atom stereocenters. The summed E-state index contributed by atoms with van der Waals surface area (Å²) in [5, 5.41) is 9.33. The molecule has 1 aliphatic heterocycles. The van der Waals surface area contributed by atoms with Gasteiger partial charge in [-0.15, -0.1) is 5.10 Å². The summed E-state index contributed by atoms with van der Waals surface area (Å²) in [6, 6.07) is 13.1. The minimum Gasteiger partial charge on any atom is -0.328 e. The number of carbonyl (C=O) groups is 1. The molecule has 1 atom stereocenters. The van der Waals surface area contributed by atoms with E-state index >= 15 is 0 Å². The average Bonchev–Trinajstić information content (AvgIpc) is 3.15. The number of aromatic nitrogens is 4. The van der Waals surface area contributed by atoms with Gasteiger partial charge in [-0.25, -0.2) is 4.68 Å². The van der Waals surface area contributed by atoms with E-state index in [9.17, 15) is 4.79 Å². The average molecular weight is 424 g/mol. The summed E-state index contributed by atoms with van der Waals surface area (Å²) in [7, 11) is 0.